The Morgan fingerprint density at radius 2 is 2.04 bits per heavy atom. The summed E-state index contributed by atoms with van der Waals surface area (Å²) in [7, 11) is 0. The number of hydrogen-bond donors (Lipinski definition) is 2. The fraction of sp³-hybridized carbons (Fsp3) is 0.400. The minimum Gasteiger partial charge on any atom is -0.507 e. The molecule has 0 saturated carbocycles. The number of benzene rings is 2. The molecule has 0 amide bonds. The first-order valence-electron chi connectivity index (χ1n) is 9.14. The predicted molar refractivity (Wildman–Crippen MR) is 96.5 cm³/mol. The van der Waals surface area contributed by atoms with E-state index in [2.05, 4.69) is 15.1 Å². The van der Waals surface area contributed by atoms with Crippen molar-refractivity contribution in [2.45, 2.75) is 37.9 Å². The van der Waals surface area contributed by atoms with E-state index in [1.54, 1.807) is 6.07 Å². The summed E-state index contributed by atoms with van der Waals surface area (Å²) < 4.78 is 5.89. The zero-order valence-corrected chi connectivity index (χ0v) is 14.4. The standard InChI is InChI=1S/C20H21N3O3/c24-11-14-8-15-5-6-17(14)23(15)10-19-21-22-20(26-19)13-7-12-3-1-2-4-16(12)18(25)9-13/h1-4,7,9,14-15,17,24-25H,5-6,8,10-11H2/t14-,15+,17-/m0/s1. The van der Waals surface area contributed by atoms with Crippen molar-refractivity contribution in [2.75, 3.05) is 6.61 Å². The van der Waals surface area contributed by atoms with Gasteiger partial charge < -0.3 is 14.6 Å². The van der Waals surface area contributed by atoms with Gasteiger partial charge in [-0.05, 0) is 42.7 Å². The number of fused-ring (bicyclic) bond motifs is 3. The van der Waals surface area contributed by atoms with Crippen molar-refractivity contribution in [3.05, 3.63) is 42.3 Å². The highest BCUT2D eigenvalue weighted by atomic mass is 16.4. The summed E-state index contributed by atoms with van der Waals surface area (Å²) in [6.07, 6.45) is 3.37. The van der Waals surface area contributed by atoms with E-state index in [1.165, 1.54) is 6.42 Å². The highest BCUT2D eigenvalue weighted by Crippen LogP contribution is 2.42. The number of aliphatic hydroxyl groups excluding tert-OH is 1. The molecule has 0 spiro atoms. The van der Waals surface area contributed by atoms with E-state index in [4.69, 9.17) is 4.42 Å². The third-order valence-corrected chi connectivity index (χ3v) is 5.92. The van der Waals surface area contributed by atoms with Crippen molar-refractivity contribution in [1.82, 2.24) is 15.1 Å². The van der Waals surface area contributed by atoms with Crippen molar-refractivity contribution < 1.29 is 14.6 Å². The third kappa shape index (κ3) is 2.48. The number of phenolic OH excluding ortho intramolecular Hbond substituents is 1. The summed E-state index contributed by atoms with van der Waals surface area (Å²) in [6, 6.07) is 12.2. The zero-order valence-electron chi connectivity index (χ0n) is 14.4. The maximum Gasteiger partial charge on any atom is 0.247 e. The van der Waals surface area contributed by atoms with Crippen LogP contribution < -0.4 is 0 Å². The SMILES string of the molecule is OC[C@@H]1C[C@H]2CC[C@@H]1N2Cc1nnc(-c2cc(O)c3ccccc3c2)o1. The number of phenols is 1. The number of aromatic hydroxyl groups is 1. The van der Waals surface area contributed by atoms with E-state index in [-0.39, 0.29) is 12.4 Å². The van der Waals surface area contributed by atoms with Crippen LogP contribution in [0, 0.1) is 5.92 Å². The van der Waals surface area contributed by atoms with Gasteiger partial charge in [0.25, 0.3) is 0 Å². The van der Waals surface area contributed by atoms with Crippen LogP contribution in [0.2, 0.25) is 0 Å². The molecule has 6 heteroatoms. The molecule has 0 aliphatic carbocycles. The molecule has 2 aliphatic rings. The quantitative estimate of drug-likeness (QED) is 0.752. The molecule has 3 heterocycles. The van der Waals surface area contributed by atoms with Gasteiger partial charge in [0.05, 0.1) is 6.54 Å². The van der Waals surface area contributed by atoms with Gasteiger partial charge >= 0.3 is 0 Å². The molecule has 5 rings (SSSR count). The average molecular weight is 351 g/mol. The van der Waals surface area contributed by atoms with Gasteiger partial charge in [0, 0.05) is 29.6 Å². The Bertz CT molecular complexity index is 954. The van der Waals surface area contributed by atoms with Crippen LogP contribution in [0.5, 0.6) is 5.75 Å². The first-order valence-corrected chi connectivity index (χ1v) is 9.14. The maximum absolute atomic E-state index is 10.3. The third-order valence-electron chi connectivity index (χ3n) is 5.92. The van der Waals surface area contributed by atoms with Gasteiger partial charge in [-0.15, -0.1) is 10.2 Å². The summed E-state index contributed by atoms with van der Waals surface area (Å²) in [4.78, 5) is 2.40. The first-order chi connectivity index (χ1) is 12.7. The van der Waals surface area contributed by atoms with Crippen molar-refractivity contribution in [2.24, 2.45) is 5.92 Å². The van der Waals surface area contributed by atoms with Crippen LogP contribution in [0.4, 0.5) is 0 Å². The van der Waals surface area contributed by atoms with Crippen LogP contribution in [-0.2, 0) is 6.54 Å². The Balaban J connectivity index is 1.41. The molecule has 2 aromatic carbocycles. The van der Waals surface area contributed by atoms with Gasteiger partial charge in [-0.25, -0.2) is 0 Å². The minimum absolute atomic E-state index is 0.209. The summed E-state index contributed by atoms with van der Waals surface area (Å²) in [5.74, 6) is 1.59. The highest BCUT2D eigenvalue weighted by Gasteiger charge is 2.46. The lowest BCUT2D eigenvalue weighted by Crippen LogP contribution is -2.30. The molecular formula is C20H21N3O3. The van der Waals surface area contributed by atoms with E-state index >= 15 is 0 Å². The summed E-state index contributed by atoms with van der Waals surface area (Å²) in [5.41, 5.74) is 0.720. The Morgan fingerprint density at radius 1 is 1.15 bits per heavy atom. The van der Waals surface area contributed by atoms with E-state index in [9.17, 15) is 10.2 Å². The number of aliphatic hydroxyl groups is 1. The molecule has 6 nitrogen and oxygen atoms in total. The summed E-state index contributed by atoms with van der Waals surface area (Å²) in [6.45, 7) is 0.877. The number of nitrogens with zero attached hydrogens (tertiary/aromatic N) is 3. The van der Waals surface area contributed by atoms with Crippen LogP contribution in [-0.4, -0.2) is 44.0 Å². The van der Waals surface area contributed by atoms with E-state index < -0.39 is 0 Å². The second kappa shape index (κ2) is 6.07. The van der Waals surface area contributed by atoms with E-state index in [0.717, 1.165) is 29.2 Å². The molecule has 1 aromatic heterocycles. The van der Waals surface area contributed by atoms with Crippen molar-refractivity contribution >= 4 is 10.8 Å². The maximum atomic E-state index is 10.3. The number of aromatic nitrogens is 2. The fourth-order valence-electron chi connectivity index (χ4n) is 4.68. The molecule has 134 valence electrons. The van der Waals surface area contributed by atoms with Crippen LogP contribution in [0.3, 0.4) is 0 Å². The fourth-order valence-corrected chi connectivity index (χ4v) is 4.68. The molecular weight excluding hydrogens is 330 g/mol. The normalized spacial score (nSPS) is 25.3. The summed E-state index contributed by atoms with van der Waals surface area (Å²) >= 11 is 0. The molecule has 2 N–H and O–H groups in total. The minimum atomic E-state index is 0.209. The van der Waals surface area contributed by atoms with Gasteiger partial charge in [0.1, 0.15) is 5.75 Å². The van der Waals surface area contributed by atoms with Gasteiger partial charge in [0.2, 0.25) is 11.8 Å². The number of hydrogen-bond acceptors (Lipinski definition) is 6. The molecule has 2 aliphatic heterocycles. The second-order valence-corrected chi connectivity index (χ2v) is 7.37. The second-order valence-electron chi connectivity index (χ2n) is 7.37. The number of rotatable bonds is 4. The first kappa shape index (κ1) is 15.8. The van der Waals surface area contributed by atoms with Gasteiger partial charge in [0.15, 0.2) is 0 Å². The van der Waals surface area contributed by atoms with Gasteiger partial charge in [-0.2, -0.15) is 0 Å². The van der Waals surface area contributed by atoms with E-state index in [1.807, 2.05) is 30.3 Å². The Kier molecular flexibility index (Phi) is 3.69. The smallest absolute Gasteiger partial charge is 0.247 e. The largest absolute Gasteiger partial charge is 0.507 e. The lowest BCUT2D eigenvalue weighted by Gasteiger charge is -2.21. The summed E-state index contributed by atoms with van der Waals surface area (Å²) in [5, 5.41) is 29.9. The average Bonchev–Trinajstić information content (AvgIpc) is 3.37. The Labute approximate surface area is 151 Å². The van der Waals surface area contributed by atoms with Crippen LogP contribution in [0.1, 0.15) is 25.2 Å². The molecule has 3 aromatic rings. The molecule has 2 saturated heterocycles. The van der Waals surface area contributed by atoms with Crippen molar-refractivity contribution in [1.29, 1.82) is 0 Å². The van der Waals surface area contributed by atoms with E-state index in [0.29, 0.717) is 36.3 Å². The van der Waals surface area contributed by atoms with Crippen molar-refractivity contribution in [3.63, 3.8) is 0 Å². The highest BCUT2D eigenvalue weighted by molar-refractivity contribution is 5.91. The van der Waals surface area contributed by atoms with Gasteiger partial charge in [-0.3, -0.25) is 4.90 Å². The van der Waals surface area contributed by atoms with Gasteiger partial charge in [-0.1, -0.05) is 24.3 Å². The Hall–Kier alpha value is -2.44. The Morgan fingerprint density at radius 3 is 2.88 bits per heavy atom. The predicted octanol–water partition coefficient (Wildman–Crippen LogP) is 2.94. The van der Waals surface area contributed by atoms with Crippen LogP contribution in [0.25, 0.3) is 22.2 Å². The van der Waals surface area contributed by atoms with Crippen LogP contribution >= 0.6 is 0 Å². The molecule has 0 unspecified atom stereocenters. The molecule has 2 bridgehead atoms. The zero-order chi connectivity index (χ0) is 17.7. The molecule has 2 fully saturated rings. The topological polar surface area (TPSA) is 82.6 Å². The molecule has 0 radical (unpaired) electrons. The molecule has 3 atom stereocenters. The molecule has 26 heavy (non-hydrogen) atoms. The van der Waals surface area contributed by atoms with Crippen molar-refractivity contribution in [3.8, 4) is 17.2 Å². The van der Waals surface area contributed by atoms with Crippen LogP contribution in [0.15, 0.2) is 40.8 Å². The lowest BCUT2D eigenvalue weighted by molar-refractivity contribution is 0.164. The lowest BCUT2D eigenvalue weighted by atomic mass is 9.90. The monoisotopic (exact) mass is 351 g/mol.